The van der Waals surface area contributed by atoms with Crippen molar-refractivity contribution in [3.8, 4) is 6.01 Å². The van der Waals surface area contributed by atoms with Gasteiger partial charge in [0.15, 0.2) is 0 Å². The molecule has 7 heteroatoms. The summed E-state index contributed by atoms with van der Waals surface area (Å²) in [6, 6.07) is 0.453. The molecule has 114 valence electrons. The van der Waals surface area contributed by atoms with Crippen molar-refractivity contribution in [2.45, 2.75) is 40.2 Å². The maximum Gasteiger partial charge on any atom is 0.323 e. The zero-order valence-corrected chi connectivity index (χ0v) is 12.8. The molecule has 0 radical (unpaired) electrons. The van der Waals surface area contributed by atoms with Gasteiger partial charge in [-0.25, -0.2) is 0 Å². The van der Waals surface area contributed by atoms with Crippen LogP contribution in [-0.4, -0.2) is 47.4 Å². The molecule has 0 bridgehead atoms. The zero-order valence-electron chi connectivity index (χ0n) is 12.8. The fourth-order valence-electron chi connectivity index (χ4n) is 1.47. The van der Waals surface area contributed by atoms with E-state index in [0.29, 0.717) is 37.7 Å². The second kappa shape index (κ2) is 9.30. The third kappa shape index (κ3) is 6.01. The molecule has 2 N–H and O–H groups in total. The third-order valence-electron chi connectivity index (χ3n) is 2.33. The van der Waals surface area contributed by atoms with Crippen LogP contribution in [0.15, 0.2) is 0 Å². The van der Waals surface area contributed by atoms with Crippen LogP contribution in [0.25, 0.3) is 0 Å². The Morgan fingerprint density at radius 3 is 2.50 bits per heavy atom. The fraction of sp³-hybridized carbons (Fsp3) is 0.769. The molecule has 0 saturated heterocycles. The molecule has 1 heterocycles. The minimum atomic E-state index is 0.117. The number of anilines is 2. The first-order chi connectivity index (χ1) is 9.69. The molecule has 1 unspecified atom stereocenters. The van der Waals surface area contributed by atoms with Gasteiger partial charge in [-0.1, -0.05) is 6.92 Å². The molecular weight excluding hydrogens is 258 g/mol. The average molecular weight is 283 g/mol. The predicted octanol–water partition coefficient (Wildman–Crippen LogP) is 1.93. The molecule has 0 aliphatic carbocycles. The Morgan fingerprint density at radius 2 is 1.85 bits per heavy atom. The normalized spacial score (nSPS) is 12.0. The number of hydrogen-bond acceptors (Lipinski definition) is 7. The Kier molecular flexibility index (Phi) is 7.64. The molecule has 0 saturated carbocycles. The van der Waals surface area contributed by atoms with Crippen molar-refractivity contribution in [2.75, 3.05) is 37.0 Å². The van der Waals surface area contributed by atoms with Crippen LogP contribution >= 0.6 is 0 Å². The minimum Gasteiger partial charge on any atom is -0.463 e. The fourth-order valence-corrected chi connectivity index (χ4v) is 1.47. The van der Waals surface area contributed by atoms with Gasteiger partial charge < -0.3 is 20.1 Å². The van der Waals surface area contributed by atoms with Gasteiger partial charge in [-0.05, 0) is 27.2 Å². The highest BCUT2D eigenvalue weighted by molar-refractivity contribution is 5.36. The van der Waals surface area contributed by atoms with Gasteiger partial charge in [-0.2, -0.15) is 15.0 Å². The molecule has 1 atom stereocenters. The molecule has 0 aliphatic heterocycles. The molecule has 20 heavy (non-hydrogen) atoms. The van der Waals surface area contributed by atoms with E-state index in [-0.39, 0.29) is 6.04 Å². The molecular formula is C13H25N5O2. The largest absolute Gasteiger partial charge is 0.463 e. The summed E-state index contributed by atoms with van der Waals surface area (Å²) < 4.78 is 10.8. The molecule has 0 aliphatic rings. The van der Waals surface area contributed by atoms with Crippen molar-refractivity contribution >= 4 is 11.9 Å². The van der Waals surface area contributed by atoms with Gasteiger partial charge in [0, 0.05) is 19.2 Å². The first-order valence-corrected chi connectivity index (χ1v) is 7.16. The Bertz CT molecular complexity index is 389. The van der Waals surface area contributed by atoms with Gasteiger partial charge >= 0.3 is 6.01 Å². The van der Waals surface area contributed by atoms with Crippen LogP contribution in [0.4, 0.5) is 11.9 Å². The van der Waals surface area contributed by atoms with Crippen molar-refractivity contribution in [3.05, 3.63) is 0 Å². The van der Waals surface area contributed by atoms with E-state index in [9.17, 15) is 0 Å². The van der Waals surface area contributed by atoms with Crippen LogP contribution in [0.3, 0.4) is 0 Å². The van der Waals surface area contributed by atoms with Crippen molar-refractivity contribution in [1.29, 1.82) is 0 Å². The number of rotatable bonds is 10. The van der Waals surface area contributed by atoms with Crippen molar-refractivity contribution in [1.82, 2.24) is 15.0 Å². The number of ether oxygens (including phenoxy) is 2. The summed E-state index contributed by atoms with van der Waals surface area (Å²) in [5.41, 5.74) is 0. The first-order valence-electron chi connectivity index (χ1n) is 7.16. The Hall–Kier alpha value is -1.63. The summed E-state index contributed by atoms with van der Waals surface area (Å²) in [7, 11) is 0. The smallest absolute Gasteiger partial charge is 0.323 e. The van der Waals surface area contributed by atoms with Crippen LogP contribution in [0.5, 0.6) is 6.01 Å². The highest BCUT2D eigenvalue weighted by Gasteiger charge is 2.09. The lowest BCUT2D eigenvalue weighted by atomic mass is 10.4. The molecule has 0 spiro atoms. The minimum absolute atomic E-state index is 0.117. The van der Waals surface area contributed by atoms with Crippen LogP contribution in [0.2, 0.25) is 0 Å². The van der Waals surface area contributed by atoms with Crippen LogP contribution in [-0.2, 0) is 4.74 Å². The van der Waals surface area contributed by atoms with Crippen molar-refractivity contribution < 1.29 is 9.47 Å². The third-order valence-corrected chi connectivity index (χ3v) is 2.33. The molecule has 1 aromatic heterocycles. The van der Waals surface area contributed by atoms with E-state index >= 15 is 0 Å². The van der Waals surface area contributed by atoms with E-state index in [0.717, 1.165) is 13.0 Å². The highest BCUT2D eigenvalue weighted by atomic mass is 16.5. The Balaban J connectivity index is 2.73. The standard InChI is InChI=1S/C13H25N5O2/c1-5-8-20-13-17-11(14-6-2)16-12(18-13)15-10(4)9-19-7-3/h10H,5-9H2,1-4H3,(H2,14,15,16,17,18). The quantitative estimate of drug-likeness (QED) is 0.679. The average Bonchev–Trinajstić information content (AvgIpc) is 2.43. The number of aromatic nitrogens is 3. The monoisotopic (exact) mass is 283 g/mol. The van der Waals surface area contributed by atoms with Gasteiger partial charge in [0.1, 0.15) is 0 Å². The summed E-state index contributed by atoms with van der Waals surface area (Å²) in [5.74, 6) is 1.01. The molecule has 0 fully saturated rings. The van der Waals surface area contributed by atoms with Gasteiger partial charge in [0.25, 0.3) is 0 Å². The summed E-state index contributed by atoms with van der Waals surface area (Å²) in [6.07, 6.45) is 0.908. The Labute approximate surface area is 120 Å². The van der Waals surface area contributed by atoms with E-state index < -0.39 is 0 Å². The number of nitrogens with one attached hydrogen (secondary N) is 2. The Morgan fingerprint density at radius 1 is 1.10 bits per heavy atom. The van der Waals surface area contributed by atoms with E-state index in [4.69, 9.17) is 9.47 Å². The summed E-state index contributed by atoms with van der Waals surface area (Å²) in [6.45, 7) is 10.6. The van der Waals surface area contributed by atoms with Gasteiger partial charge in [-0.3, -0.25) is 0 Å². The first kappa shape index (κ1) is 16.4. The molecule has 7 nitrogen and oxygen atoms in total. The molecule has 0 amide bonds. The summed E-state index contributed by atoms with van der Waals surface area (Å²) in [4.78, 5) is 12.8. The van der Waals surface area contributed by atoms with Crippen LogP contribution < -0.4 is 15.4 Å². The zero-order chi connectivity index (χ0) is 14.8. The predicted molar refractivity (Wildman–Crippen MR) is 79.4 cm³/mol. The van der Waals surface area contributed by atoms with Crippen molar-refractivity contribution in [3.63, 3.8) is 0 Å². The molecule has 1 aromatic rings. The van der Waals surface area contributed by atoms with E-state index in [2.05, 4.69) is 25.6 Å². The second-order valence-electron chi connectivity index (χ2n) is 4.35. The summed E-state index contributed by atoms with van der Waals surface area (Å²) >= 11 is 0. The van der Waals surface area contributed by atoms with E-state index in [1.165, 1.54) is 0 Å². The topological polar surface area (TPSA) is 81.2 Å². The lowest BCUT2D eigenvalue weighted by Crippen LogP contribution is -2.23. The SMILES string of the molecule is CCCOc1nc(NCC)nc(NC(C)COCC)n1. The maximum absolute atomic E-state index is 5.47. The lowest BCUT2D eigenvalue weighted by Gasteiger charge is -2.14. The molecule has 0 aromatic carbocycles. The maximum atomic E-state index is 5.47. The van der Waals surface area contributed by atoms with Crippen LogP contribution in [0.1, 0.15) is 34.1 Å². The van der Waals surface area contributed by atoms with E-state index in [1.54, 1.807) is 0 Å². The number of nitrogens with zero attached hydrogens (tertiary/aromatic N) is 3. The highest BCUT2D eigenvalue weighted by Crippen LogP contribution is 2.12. The van der Waals surface area contributed by atoms with Crippen molar-refractivity contribution in [2.24, 2.45) is 0 Å². The second-order valence-corrected chi connectivity index (χ2v) is 4.35. The number of hydrogen-bond donors (Lipinski definition) is 2. The molecule has 1 rings (SSSR count). The lowest BCUT2D eigenvalue weighted by molar-refractivity contribution is 0.141. The van der Waals surface area contributed by atoms with Gasteiger partial charge in [0.2, 0.25) is 11.9 Å². The van der Waals surface area contributed by atoms with E-state index in [1.807, 2.05) is 27.7 Å². The van der Waals surface area contributed by atoms with Gasteiger partial charge in [-0.15, -0.1) is 0 Å². The summed E-state index contributed by atoms with van der Waals surface area (Å²) in [5, 5.41) is 6.25. The van der Waals surface area contributed by atoms with Crippen LogP contribution in [0, 0.1) is 0 Å². The van der Waals surface area contributed by atoms with Gasteiger partial charge in [0.05, 0.1) is 13.2 Å².